The van der Waals surface area contributed by atoms with Crippen molar-refractivity contribution in [2.24, 2.45) is 0 Å². The minimum Gasteiger partial charge on any atom is -0.483 e. The van der Waals surface area contributed by atoms with Crippen molar-refractivity contribution in [1.82, 2.24) is 0 Å². The van der Waals surface area contributed by atoms with Crippen LogP contribution in [0.25, 0.3) is 0 Å². The van der Waals surface area contributed by atoms with Crippen LogP contribution in [0.1, 0.15) is 36.2 Å². The highest BCUT2D eigenvalue weighted by molar-refractivity contribution is 6.30. The van der Waals surface area contributed by atoms with E-state index in [4.69, 9.17) is 16.3 Å². The molecule has 0 saturated carbocycles. The van der Waals surface area contributed by atoms with Crippen LogP contribution in [0.2, 0.25) is 5.02 Å². The number of benzene rings is 2. The van der Waals surface area contributed by atoms with Crippen molar-refractivity contribution < 1.29 is 9.53 Å². The van der Waals surface area contributed by atoms with Crippen LogP contribution in [0.15, 0.2) is 48.5 Å². The van der Waals surface area contributed by atoms with Crippen LogP contribution in [0, 0.1) is 0 Å². The highest BCUT2D eigenvalue weighted by atomic mass is 35.5. The number of hydrogen-bond donors (Lipinski definition) is 0. The molecule has 0 amide bonds. The van der Waals surface area contributed by atoms with Gasteiger partial charge in [0.05, 0.1) is 0 Å². The van der Waals surface area contributed by atoms with Crippen molar-refractivity contribution >= 4 is 17.4 Å². The van der Waals surface area contributed by atoms with Crippen molar-refractivity contribution in [3.8, 4) is 5.75 Å². The number of Topliss-reactive ketones (excluding diaryl/α,β-unsaturated/α-hetero) is 1. The van der Waals surface area contributed by atoms with Crippen LogP contribution in [-0.2, 0) is 6.42 Å². The number of carbonyl (C=O) groups excluding carboxylic acids is 1. The van der Waals surface area contributed by atoms with E-state index in [2.05, 4.69) is 6.92 Å². The lowest BCUT2D eigenvalue weighted by Gasteiger charge is -2.14. The second-order valence-corrected chi connectivity index (χ2v) is 5.46. The van der Waals surface area contributed by atoms with Crippen molar-refractivity contribution in [2.45, 2.75) is 32.8 Å². The average molecular weight is 303 g/mol. The van der Waals surface area contributed by atoms with Crippen LogP contribution in [0.3, 0.4) is 0 Å². The number of carbonyl (C=O) groups is 1. The van der Waals surface area contributed by atoms with Crippen LogP contribution >= 0.6 is 11.6 Å². The molecule has 2 aromatic rings. The lowest BCUT2D eigenvalue weighted by molar-refractivity contribution is 0.0818. The first-order valence-electron chi connectivity index (χ1n) is 7.15. The fraction of sp³-hybridized carbons (Fsp3) is 0.278. The summed E-state index contributed by atoms with van der Waals surface area (Å²) in [6, 6.07) is 14.8. The summed E-state index contributed by atoms with van der Waals surface area (Å²) in [7, 11) is 0. The number of ether oxygens (including phenoxy) is 1. The van der Waals surface area contributed by atoms with Gasteiger partial charge in [-0.2, -0.15) is 0 Å². The number of rotatable bonds is 6. The highest BCUT2D eigenvalue weighted by Crippen LogP contribution is 2.17. The van der Waals surface area contributed by atoms with Gasteiger partial charge < -0.3 is 4.74 Å². The number of hydrogen-bond acceptors (Lipinski definition) is 2. The van der Waals surface area contributed by atoms with Crippen molar-refractivity contribution in [1.29, 1.82) is 0 Å². The first-order valence-corrected chi connectivity index (χ1v) is 7.53. The zero-order valence-electron chi connectivity index (χ0n) is 12.3. The Bertz CT molecular complexity index is 588. The largest absolute Gasteiger partial charge is 0.483 e. The lowest BCUT2D eigenvalue weighted by Crippen LogP contribution is -2.23. The molecule has 0 heterocycles. The van der Waals surface area contributed by atoms with E-state index in [9.17, 15) is 4.79 Å². The van der Waals surface area contributed by atoms with Gasteiger partial charge >= 0.3 is 0 Å². The van der Waals surface area contributed by atoms with Crippen LogP contribution < -0.4 is 4.74 Å². The van der Waals surface area contributed by atoms with Gasteiger partial charge in [-0.05, 0) is 55.3 Å². The molecule has 2 aromatic carbocycles. The summed E-state index contributed by atoms with van der Waals surface area (Å²) in [6.45, 7) is 3.91. The predicted octanol–water partition coefficient (Wildman–Crippen LogP) is 4.94. The minimum absolute atomic E-state index is 0.0516. The molecule has 0 saturated heterocycles. The van der Waals surface area contributed by atoms with Crippen LogP contribution in [0.5, 0.6) is 5.75 Å². The Morgan fingerprint density at radius 1 is 1.10 bits per heavy atom. The third-order valence-corrected chi connectivity index (χ3v) is 3.52. The van der Waals surface area contributed by atoms with Crippen molar-refractivity contribution in [3.63, 3.8) is 0 Å². The van der Waals surface area contributed by atoms with Crippen molar-refractivity contribution in [2.75, 3.05) is 0 Å². The van der Waals surface area contributed by atoms with Crippen LogP contribution in [-0.4, -0.2) is 11.9 Å². The highest BCUT2D eigenvalue weighted by Gasteiger charge is 2.16. The molecule has 1 unspecified atom stereocenters. The van der Waals surface area contributed by atoms with Gasteiger partial charge in [-0.25, -0.2) is 0 Å². The summed E-state index contributed by atoms with van der Waals surface area (Å²) in [4.78, 5) is 12.3. The Hall–Kier alpha value is -1.80. The molecule has 0 bridgehead atoms. The summed E-state index contributed by atoms with van der Waals surface area (Å²) < 4.78 is 5.71. The van der Waals surface area contributed by atoms with Gasteiger partial charge in [-0.3, -0.25) is 4.79 Å². The van der Waals surface area contributed by atoms with E-state index < -0.39 is 6.10 Å². The molecule has 3 heteroatoms. The first-order chi connectivity index (χ1) is 10.1. The van der Waals surface area contributed by atoms with Gasteiger partial charge in [0.2, 0.25) is 5.78 Å². The molecular weight excluding hydrogens is 284 g/mol. The molecule has 21 heavy (non-hydrogen) atoms. The average Bonchev–Trinajstić information content (AvgIpc) is 2.49. The molecule has 0 spiro atoms. The van der Waals surface area contributed by atoms with E-state index >= 15 is 0 Å². The molecule has 0 aromatic heterocycles. The molecule has 110 valence electrons. The summed E-state index contributed by atoms with van der Waals surface area (Å²) >= 11 is 5.82. The third kappa shape index (κ3) is 4.33. The van der Waals surface area contributed by atoms with Crippen LogP contribution in [0.4, 0.5) is 0 Å². The quantitative estimate of drug-likeness (QED) is 0.706. The molecule has 0 fully saturated rings. The van der Waals surface area contributed by atoms with Gasteiger partial charge in [-0.15, -0.1) is 0 Å². The maximum atomic E-state index is 12.3. The predicted molar refractivity (Wildman–Crippen MR) is 86.3 cm³/mol. The standard InChI is InChI=1S/C18H19ClO2/c1-3-4-14-5-11-17(12-6-14)21-13(2)18(20)15-7-9-16(19)10-8-15/h5-13H,3-4H2,1-2H3. The zero-order chi connectivity index (χ0) is 15.2. The van der Waals surface area contributed by atoms with Gasteiger partial charge in [0.1, 0.15) is 5.75 Å². The fourth-order valence-electron chi connectivity index (χ4n) is 2.13. The summed E-state index contributed by atoms with van der Waals surface area (Å²) in [6.07, 6.45) is 1.65. The first kappa shape index (κ1) is 15.6. The lowest BCUT2D eigenvalue weighted by atomic mass is 10.1. The van der Waals surface area contributed by atoms with Gasteiger partial charge in [0.25, 0.3) is 0 Å². The van der Waals surface area contributed by atoms with E-state index in [-0.39, 0.29) is 5.78 Å². The normalized spacial score (nSPS) is 12.0. The maximum absolute atomic E-state index is 12.3. The van der Waals surface area contributed by atoms with E-state index in [1.54, 1.807) is 31.2 Å². The van der Waals surface area contributed by atoms with E-state index in [0.29, 0.717) is 16.3 Å². The molecule has 0 N–H and O–H groups in total. The monoisotopic (exact) mass is 302 g/mol. The maximum Gasteiger partial charge on any atom is 0.202 e. The molecule has 2 nitrogen and oxygen atoms in total. The molecule has 2 rings (SSSR count). The van der Waals surface area contributed by atoms with Gasteiger partial charge in [0, 0.05) is 10.6 Å². The number of ketones is 1. The third-order valence-electron chi connectivity index (χ3n) is 3.27. The van der Waals surface area contributed by atoms with Gasteiger partial charge in [0.15, 0.2) is 6.10 Å². The summed E-state index contributed by atoms with van der Waals surface area (Å²) in [5.74, 6) is 0.661. The Morgan fingerprint density at radius 2 is 1.71 bits per heavy atom. The Labute approximate surface area is 130 Å². The zero-order valence-corrected chi connectivity index (χ0v) is 13.1. The molecular formula is C18H19ClO2. The second kappa shape index (κ2) is 7.28. The Morgan fingerprint density at radius 3 is 2.29 bits per heavy atom. The molecule has 0 aliphatic heterocycles. The summed E-state index contributed by atoms with van der Waals surface area (Å²) in [5, 5.41) is 0.617. The number of halogens is 1. The van der Waals surface area contributed by atoms with E-state index in [1.807, 2.05) is 24.3 Å². The number of aryl methyl sites for hydroxylation is 1. The summed E-state index contributed by atoms with van der Waals surface area (Å²) in [5.41, 5.74) is 1.89. The topological polar surface area (TPSA) is 26.3 Å². The molecule has 1 atom stereocenters. The smallest absolute Gasteiger partial charge is 0.202 e. The minimum atomic E-state index is -0.525. The SMILES string of the molecule is CCCc1ccc(OC(C)C(=O)c2ccc(Cl)cc2)cc1. The van der Waals surface area contributed by atoms with Crippen molar-refractivity contribution in [3.05, 3.63) is 64.7 Å². The second-order valence-electron chi connectivity index (χ2n) is 5.03. The fourth-order valence-corrected chi connectivity index (χ4v) is 2.26. The molecule has 0 aliphatic rings. The van der Waals surface area contributed by atoms with E-state index in [0.717, 1.165) is 12.8 Å². The molecule has 0 aliphatic carbocycles. The van der Waals surface area contributed by atoms with E-state index in [1.165, 1.54) is 5.56 Å². The Kier molecular flexibility index (Phi) is 5.40. The molecule has 0 radical (unpaired) electrons. The Balaban J connectivity index is 2.01. The van der Waals surface area contributed by atoms with Gasteiger partial charge in [-0.1, -0.05) is 37.1 Å².